The second kappa shape index (κ2) is 8.04. The van der Waals surface area contributed by atoms with Gasteiger partial charge in [-0.25, -0.2) is 4.79 Å². The van der Waals surface area contributed by atoms with E-state index in [4.69, 9.17) is 9.47 Å². The van der Waals surface area contributed by atoms with Gasteiger partial charge in [0.1, 0.15) is 12.4 Å². The standard InChI is InChI=1S/C14H19NO5/c1-10(13(16)19-3)8-15-14(17)20-9-11-4-6-12(18-2)7-5-11/h4-7,10H,8-9H2,1-3H3,(H,15,17)/t10-/m1/s1. The predicted octanol–water partition coefficient (Wildman–Crippen LogP) is 1.73. The van der Waals surface area contributed by atoms with Crippen molar-refractivity contribution in [2.24, 2.45) is 5.92 Å². The smallest absolute Gasteiger partial charge is 0.407 e. The van der Waals surface area contributed by atoms with E-state index in [0.29, 0.717) is 0 Å². The maximum absolute atomic E-state index is 11.4. The number of alkyl carbamates (subject to hydrolysis) is 1. The SMILES string of the molecule is COC(=O)[C@H](C)CNC(=O)OCc1ccc(OC)cc1. The van der Waals surface area contributed by atoms with Gasteiger partial charge in [0.15, 0.2) is 0 Å². The van der Waals surface area contributed by atoms with Gasteiger partial charge in [-0.3, -0.25) is 4.79 Å². The van der Waals surface area contributed by atoms with Gasteiger partial charge in [0.25, 0.3) is 0 Å². The first kappa shape index (κ1) is 15.8. The van der Waals surface area contributed by atoms with Crippen LogP contribution in [-0.2, 0) is 20.9 Å². The Kier molecular flexibility index (Phi) is 6.36. The number of rotatable bonds is 6. The topological polar surface area (TPSA) is 73.9 Å². The van der Waals surface area contributed by atoms with E-state index in [0.717, 1.165) is 11.3 Å². The molecule has 0 radical (unpaired) electrons. The van der Waals surface area contributed by atoms with E-state index >= 15 is 0 Å². The van der Waals surface area contributed by atoms with Crippen molar-refractivity contribution in [2.75, 3.05) is 20.8 Å². The zero-order valence-corrected chi connectivity index (χ0v) is 11.8. The molecule has 1 amide bonds. The average Bonchev–Trinajstić information content (AvgIpc) is 2.50. The molecular weight excluding hydrogens is 262 g/mol. The lowest BCUT2D eigenvalue weighted by molar-refractivity contribution is -0.144. The highest BCUT2D eigenvalue weighted by Crippen LogP contribution is 2.11. The molecule has 1 rings (SSSR count). The number of carbonyl (C=O) groups excluding carboxylic acids is 2. The van der Waals surface area contributed by atoms with Crippen molar-refractivity contribution >= 4 is 12.1 Å². The van der Waals surface area contributed by atoms with E-state index in [-0.39, 0.29) is 19.1 Å². The summed E-state index contributed by atoms with van der Waals surface area (Å²) in [5, 5.41) is 2.50. The summed E-state index contributed by atoms with van der Waals surface area (Å²) < 4.78 is 14.6. The highest BCUT2D eigenvalue weighted by Gasteiger charge is 2.14. The molecule has 0 aliphatic heterocycles. The van der Waals surface area contributed by atoms with Crippen LogP contribution in [0.2, 0.25) is 0 Å². The molecule has 110 valence electrons. The van der Waals surface area contributed by atoms with Crippen LogP contribution < -0.4 is 10.1 Å². The fourth-order valence-electron chi connectivity index (χ4n) is 1.44. The van der Waals surface area contributed by atoms with Crippen molar-refractivity contribution < 1.29 is 23.8 Å². The first-order valence-electron chi connectivity index (χ1n) is 6.18. The van der Waals surface area contributed by atoms with Gasteiger partial charge in [-0.15, -0.1) is 0 Å². The van der Waals surface area contributed by atoms with Gasteiger partial charge in [-0.2, -0.15) is 0 Å². The molecule has 0 aliphatic rings. The van der Waals surface area contributed by atoms with Gasteiger partial charge < -0.3 is 19.5 Å². The van der Waals surface area contributed by atoms with Crippen LogP contribution in [0.15, 0.2) is 24.3 Å². The molecule has 6 nitrogen and oxygen atoms in total. The van der Waals surface area contributed by atoms with Crippen molar-refractivity contribution in [2.45, 2.75) is 13.5 Å². The molecule has 0 spiro atoms. The molecule has 0 aliphatic carbocycles. The Morgan fingerprint density at radius 1 is 1.20 bits per heavy atom. The van der Waals surface area contributed by atoms with Crippen molar-refractivity contribution in [3.63, 3.8) is 0 Å². The van der Waals surface area contributed by atoms with Gasteiger partial charge >= 0.3 is 12.1 Å². The summed E-state index contributed by atoms with van der Waals surface area (Å²) in [4.78, 5) is 22.6. The average molecular weight is 281 g/mol. The molecule has 0 saturated carbocycles. The molecule has 0 fully saturated rings. The Bertz CT molecular complexity index is 443. The molecule has 0 saturated heterocycles. The zero-order valence-electron chi connectivity index (χ0n) is 11.8. The number of hydrogen-bond donors (Lipinski definition) is 1. The molecule has 0 heterocycles. The lowest BCUT2D eigenvalue weighted by Crippen LogP contribution is -2.32. The fourth-order valence-corrected chi connectivity index (χ4v) is 1.44. The molecule has 6 heteroatoms. The number of nitrogens with one attached hydrogen (secondary N) is 1. The van der Waals surface area contributed by atoms with Crippen LogP contribution in [-0.4, -0.2) is 32.8 Å². The second-order valence-electron chi connectivity index (χ2n) is 4.23. The lowest BCUT2D eigenvalue weighted by Gasteiger charge is -2.11. The van der Waals surface area contributed by atoms with Gasteiger partial charge in [-0.05, 0) is 17.7 Å². The third kappa shape index (κ3) is 5.17. The van der Waals surface area contributed by atoms with Gasteiger partial charge in [0.2, 0.25) is 0 Å². The summed E-state index contributed by atoms with van der Waals surface area (Å²) in [7, 11) is 2.89. The van der Waals surface area contributed by atoms with Gasteiger partial charge in [-0.1, -0.05) is 19.1 Å². The van der Waals surface area contributed by atoms with Crippen LogP contribution in [0.5, 0.6) is 5.75 Å². The molecule has 1 atom stereocenters. The summed E-state index contributed by atoms with van der Waals surface area (Å²) in [6.07, 6.45) is -0.573. The monoisotopic (exact) mass is 281 g/mol. The Hall–Kier alpha value is -2.24. The maximum atomic E-state index is 11.4. The zero-order chi connectivity index (χ0) is 15.0. The maximum Gasteiger partial charge on any atom is 0.407 e. The summed E-state index contributed by atoms with van der Waals surface area (Å²) in [6.45, 7) is 1.99. The van der Waals surface area contributed by atoms with E-state index in [1.54, 1.807) is 26.2 Å². The molecule has 20 heavy (non-hydrogen) atoms. The third-order valence-corrected chi connectivity index (χ3v) is 2.69. The second-order valence-corrected chi connectivity index (χ2v) is 4.23. The third-order valence-electron chi connectivity index (χ3n) is 2.69. The van der Waals surface area contributed by atoms with Gasteiger partial charge in [0, 0.05) is 6.54 Å². The Labute approximate surface area is 118 Å². The Morgan fingerprint density at radius 3 is 2.40 bits per heavy atom. The van der Waals surface area contributed by atoms with E-state index in [9.17, 15) is 9.59 Å². The summed E-state index contributed by atoms with van der Waals surface area (Å²) in [6, 6.07) is 7.19. The highest BCUT2D eigenvalue weighted by atomic mass is 16.5. The van der Waals surface area contributed by atoms with Crippen LogP contribution in [0.4, 0.5) is 4.79 Å². The minimum Gasteiger partial charge on any atom is -0.497 e. The summed E-state index contributed by atoms with van der Waals surface area (Å²) in [5.74, 6) is -0.0425. The highest BCUT2D eigenvalue weighted by molar-refractivity contribution is 5.73. The number of esters is 1. The number of methoxy groups -OCH3 is 2. The van der Waals surface area contributed by atoms with E-state index in [1.165, 1.54) is 7.11 Å². The molecule has 1 aromatic carbocycles. The molecular formula is C14H19NO5. The van der Waals surface area contributed by atoms with Crippen molar-refractivity contribution in [1.29, 1.82) is 0 Å². The van der Waals surface area contributed by atoms with Crippen LogP contribution in [0, 0.1) is 5.92 Å². The molecule has 1 aromatic rings. The quantitative estimate of drug-likeness (QED) is 0.804. The lowest BCUT2D eigenvalue weighted by atomic mass is 10.2. The first-order valence-corrected chi connectivity index (χ1v) is 6.18. The van der Waals surface area contributed by atoms with Crippen LogP contribution in [0.3, 0.4) is 0 Å². The normalized spacial score (nSPS) is 11.3. The molecule has 1 N–H and O–H groups in total. The number of ether oxygens (including phenoxy) is 3. The van der Waals surface area contributed by atoms with Crippen LogP contribution in [0.25, 0.3) is 0 Å². The molecule has 0 aromatic heterocycles. The summed E-state index contributed by atoms with van der Waals surface area (Å²) >= 11 is 0. The number of amides is 1. The first-order chi connectivity index (χ1) is 9.56. The van der Waals surface area contributed by atoms with Crippen LogP contribution in [0.1, 0.15) is 12.5 Å². The number of hydrogen-bond acceptors (Lipinski definition) is 5. The van der Waals surface area contributed by atoms with Crippen molar-refractivity contribution in [3.8, 4) is 5.75 Å². The molecule has 0 unspecified atom stereocenters. The van der Waals surface area contributed by atoms with Crippen molar-refractivity contribution in [1.82, 2.24) is 5.32 Å². The predicted molar refractivity (Wildman–Crippen MR) is 72.4 cm³/mol. The minimum absolute atomic E-state index is 0.155. The molecule has 0 bridgehead atoms. The van der Waals surface area contributed by atoms with Gasteiger partial charge in [0.05, 0.1) is 20.1 Å². The van der Waals surface area contributed by atoms with Crippen LogP contribution >= 0.6 is 0 Å². The largest absolute Gasteiger partial charge is 0.497 e. The van der Waals surface area contributed by atoms with E-state index in [2.05, 4.69) is 10.1 Å². The Morgan fingerprint density at radius 2 is 1.85 bits per heavy atom. The van der Waals surface area contributed by atoms with E-state index < -0.39 is 12.0 Å². The fraction of sp³-hybridized carbons (Fsp3) is 0.429. The number of benzene rings is 1. The summed E-state index contributed by atoms with van der Waals surface area (Å²) in [5.41, 5.74) is 0.849. The minimum atomic E-state index is -0.573. The Balaban J connectivity index is 2.30. The van der Waals surface area contributed by atoms with E-state index in [1.807, 2.05) is 12.1 Å². The van der Waals surface area contributed by atoms with Crippen molar-refractivity contribution in [3.05, 3.63) is 29.8 Å². The number of carbonyl (C=O) groups is 2.